The summed E-state index contributed by atoms with van der Waals surface area (Å²) in [5.74, 6) is 0. The monoisotopic (exact) mass is 185 g/mol. The molecular formula is C10H23NSi. The minimum absolute atomic E-state index is 0.687. The minimum atomic E-state index is -1.05. The normalized spacial score (nSPS) is 15.9. The predicted molar refractivity (Wildman–Crippen MR) is 60.3 cm³/mol. The molecule has 1 nitrogen and oxygen atoms in total. The maximum absolute atomic E-state index is 2.46. The molecule has 0 radical (unpaired) electrons. The van der Waals surface area contributed by atoms with Crippen molar-refractivity contribution in [2.24, 2.45) is 0 Å². The third-order valence-electron chi connectivity index (χ3n) is 2.64. The Labute approximate surface area is 78.5 Å². The second-order valence-electron chi connectivity index (χ2n) is 4.28. The molecule has 0 aromatic rings. The minimum Gasteiger partial charge on any atom is -0.306 e. The van der Waals surface area contributed by atoms with Crippen LogP contribution < -0.4 is 0 Å². The summed E-state index contributed by atoms with van der Waals surface area (Å²) in [7, 11) is 3.30. The molecule has 0 rings (SSSR count). The van der Waals surface area contributed by atoms with E-state index in [1.807, 2.05) is 0 Å². The zero-order chi connectivity index (χ0) is 9.78. The van der Waals surface area contributed by atoms with Crippen LogP contribution in [0.3, 0.4) is 0 Å². The quantitative estimate of drug-likeness (QED) is 0.481. The van der Waals surface area contributed by atoms with Crippen molar-refractivity contribution in [3.63, 3.8) is 0 Å². The topological polar surface area (TPSA) is 3.24 Å². The van der Waals surface area contributed by atoms with Gasteiger partial charge in [0.1, 0.15) is 0 Å². The molecule has 0 aromatic carbocycles. The maximum atomic E-state index is 2.46. The van der Waals surface area contributed by atoms with Crippen molar-refractivity contribution in [3.8, 4) is 0 Å². The molecule has 1 atom stereocenters. The lowest BCUT2D eigenvalue weighted by atomic mass is 10.5. The molecule has 12 heavy (non-hydrogen) atoms. The Morgan fingerprint density at radius 3 is 2.08 bits per heavy atom. The third-order valence-corrected chi connectivity index (χ3v) is 6.78. The van der Waals surface area contributed by atoms with Gasteiger partial charge in [-0.15, -0.1) is 0 Å². The van der Waals surface area contributed by atoms with Crippen LogP contribution in [0.1, 0.15) is 13.8 Å². The molecular weight excluding hydrogens is 162 g/mol. The summed E-state index contributed by atoms with van der Waals surface area (Å²) >= 11 is 0. The van der Waals surface area contributed by atoms with Crippen molar-refractivity contribution in [1.82, 2.24) is 4.90 Å². The van der Waals surface area contributed by atoms with E-state index in [-0.39, 0.29) is 0 Å². The van der Waals surface area contributed by atoms with E-state index in [9.17, 15) is 0 Å². The average molecular weight is 185 g/mol. The van der Waals surface area contributed by atoms with E-state index in [0.29, 0.717) is 5.67 Å². The molecule has 0 aromatic heterocycles. The number of hydrogen-bond acceptors (Lipinski definition) is 1. The lowest BCUT2D eigenvalue weighted by Gasteiger charge is -2.34. The molecule has 0 amide bonds. The highest BCUT2D eigenvalue weighted by Gasteiger charge is 2.28. The van der Waals surface area contributed by atoms with Crippen molar-refractivity contribution < 1.29 is 0 Å². The van der Waals surface area contributed by atoms with Gasteiger partial charge in [-0.1, -0.05) is 38.2 Å². The molecule has 0 aliphatic heterocycles. The third kappa shape index (κ3) is 3.11. The first-order valence-corrected chi connectivity index (χ1v) is 8.03. The van der Waals surface area contributed by atoms with Gasteiger partial charge in [-0.2, -0.15) is 0 Å². The van der Waals surface area contributed by atoms with Gasteiger partial charge in [-0.05, 0) is 21.0 Å². The van der Waals surface area contributed by atoms with E-state index in [1.54, 1.807) is 0 Å². The number of allylic oxidation sites excluding steroid dienone is 1. The van der Waals surface area contributed by atoms with Crippen LogP contribution in [0, 0.1) is 0 Å². The van der Waals surface area contributed by atoms with Gasteiger partial charge < -0.3 is 4.90 Å². The molecule has 0 saturated carbocycles. The summed E-state index contributed by atoms with van der Waals surface area (Å²) in [6, 6.07) is 1.35. The summed E-state index contributed by atoms with van der Waals surface area (Å²) < 4.78 is 0. The standard InChI is InChI=1S/C10H23NSi/c1-7-9-10(11(3)4)12(5,6)8-2/h7,9-10H,8H2,1-6H3. The highest BCUT2D eigenvalue weighted by molar-refractivity contribution is 6.79. The summed E-state index contributed by atoms with van der Waals surface area (Å²) in [6.07, 6.45) is 4.52. The molecule has 0 bridgehead atoms. The smallest absolute Gasteiger partial charge is 0.0714 e. The summed E-state index contributed by atoms with van der Waals surface area (Å²) in [4.78, 5) is 2.34. The summed E-state index contributed by atoms with van der Waals surface area (Å²) in [5.41, 5.74) is 0.687. The fourth-order valence-corrected chi connectivity index (χ4v) is 4.05. The molecule has 0 aliphatic rings. The number of likely N-dealkylation sites (N-methyl/N-ethyl adjacent to an activating group) is 1. The lowest BCUT2D eigenvalue weighted by Crippen LogP contribution is -2.48. The number of rotatable bonds is 4. The van der Waals surface area contributed by atoms with Crippen LogP contribution in [-0.4, -0.2) is 32.7 Å². The second kappa shape index (κ2) is 4.82. The lowest BCUT2D eigenvalue weighted by molar-refractivity contribution is 0.408. The van der Waals surface area contributed by atoms with Gasteiger partial charge in [0.25, 0.3) is 0 Å². The number of nitrogens with zero attached hydrogens (tertiary/aromatic N) is 1. The van der Waals surface area contributed by atoms with Gasteiger partial charge >= 0.3 is 0 Å². The van der Waals surface area contributed by atoms with E-state index in [1.165, 1.54) is 6.04 Å². The first-order chi connectivity index (χ1) is 5.45. The molecule has 0 fully saturated rings. The van der Waals surface area contributed by atoms with Gasteiger partial charge in [0.2, 0.25) is 0 Å². The average Bonchev–Trinajstić information content (AvgIpc) is 1.99. The van der Waals surface area contributed by atoms with Crippen molar-refractivity contribution in [2.75, 3.05) is 14.1 Å². The Morgan fingerprint density at radius 1 is 1.33 bits per heavy atom. The SMILES string of the molecule is CC=CC(N(C)C)[Si](C)(C)CC. The van der Waals surface area contributed by atoms with Crippen LogP contribution in [0.2, 0.25) is 19.1 Å². The van der Waals surface area contributed by atoms with E-state index < -0.39 is 8.07 Å². The van der Waals surface area contributed by atoms with E-state index in [4.69, 9.17) is 0 Å². The van der Waals surface area contributed by atoms with E-state index >= 15 is 0 Å². The number of hydrogen-bond donors (Lipinski definition) is 0. The molecule has 2 heteroatoms. The maximum Gasteiger partial charge on any atom is 0.0714 e. The molecule has 0 saturated heterocycles. The Morgan fingerprint density at radius 2 is 1.83 bits per heavy atom. The van der Waals surface area contributed by atoms with Crippen molar-refractivity contribution in [3.05, 3.63) is 12.2 Å². The molecule has 0 heterocycles. The highest BCUT2D eigenvalue weighted by atomic mass is 28.3. The highest BCUT2D eigenvalue weighted by Crippen LogP contribution is 2.18. The Hall–Kier alpha value is -0.0831. The Kier molecular flexibility index (Phi) is 4.79. The largest absolute Gasteiger partial charge is 0.306 e. The Bertz CT molecular complexity index is 150. The second-order valence-corrected chi connectivity index (χ2v) is 9.55. The van der Waals surface area contributed by atoms with Gasteiger partial charge in [-0.25, -0.2) is 0 Å². The summed E-state index contributed by atoms with van der Waals surface area (Å²) in [5, 5.41) is 0. The molecule has 1 unspecified atom stereocenters. The summed E-state index contributed by atoms with van der Waals surface area (Å²) in [6.45, 7) is 9.33. The fourth-order valence-electron chi connectivity index (χ4n) is 1.52. The van der Waals surface area contributed by atoms with Gasteiger partial charge in [-0.3, -0.25) is 0 Å². The zero-order valence-electron chi connectivity index (χ0n) is 9.39. The molecule has 0 N–H and O–H groups in total. The van der Waals surface area contributed by atoms with Gasteiger partial charge in [0.05, 0.1) is 8.07 Å². The first-order valence-electron chi connectivity index (χ1n) is 4.75. The van der Waals surface area contributed by atoms with Crippen molar-refractivity contribution in [2.45, 2.75) is 38.7 Å². The van der Waals surface area contributed by atoms with E-state index in [0.717, 1.165) is 0 Å². The first kappa shape index (κ1) is 11.9. The Balaban J connectivity index is 4.49. The van der Waals surface area contributed by atoms with Crippen LogP contribution in [-0.2, 0) is 0 Å². The van der Waals surface area contributed by atoms with E-state index in [2.05, 4.69) is 58.1 Å². The van der Waals surface area contributed by atoms with Crippen LogP contribution in [0.5, 0.6) is 0 Å². The predicted octanol–water partition coefficient (Wildman–Crippen LogP) is 2.76. The van der Waals surface area contributed by atoms with Gasteiger partial charge in [0.15, 0.2) is 0 Å². The van der Waals surface area contributed by atoms with Crippen LogP contribution in [0.4, 0.5) is 0 Å². The van der Waals surface area contributed by atoms with Crippen LogP contribution in [0.15, 0.2) is 12.2 Å². The van der Waals surface area contributed by atoms with Crippen LogP contribution >= 0.6 is 0 Å². The zero-order valence-corrected chi connectivity index (χ0v) is 10.4. The fraction of sp³-hybridized carbons (Fsp3) is 0.800. The molecule has 0 aliphatic carbocycles. The van der Waals surface area contributed by atoms with Crippen molar-refractivity contribution in [1.29, 1.82) is 0 Å². The van der Waals surface area contributed by atoms with Crippen LogP contribution in [0.25, 0.3) is 0 Å². The molecule has 0 spiro atoms. The van der Waals surface area contributed by atoms with Crippen molar-refractivity contribution >= 4 is 8.07 Å². The molecule has 72 valence electrons. The van der Waals surface area contributed by atoms with Gasteiger partial charge in [0, 0.05) is 5.67 Å².